The molecule has 1 aliphatic rings. The van der Waals surface area contributed by atoms with Gasteiger partial charge in [-0.1, -0.05) is 6.92 Å². The van der Waals surface area contributed by atoms with Crippen molar-refractivity contribution in [1.82, 2.24) is 0 Å². The second kappa shape index (κ2) is 7.88. The topological polar surface area (TPSA) is 47.3 Å². The molecule has 1 aromatic rings. The predicted molar refractivity (Wildman–Crippen MR) is 88.7 cm³/mol. The second-order valence-electron chi connectivity index (χ2n) is 4.67. The van der Waals surface area contributed by atoms with Gasteiger partial charge in [-0.05, 0) is 6.42 Å². The van der Waals surface area contributed by atoms with E-state index in [-0.39, 0.29) is 5.75 Å². The summed E-state index contributed by atoms with van der Waals surface area (Å²) in [6.45, 7) is 3.35. The lowest BCUT2D eigenvalue weighted by molar-refractivity contribution is 0.301. The summed E-state index contributed by atoms with van der Waals surface area (Å²) < 4.78 is 19.1. The fourth-order valence-electron chi connectivity index (χ4n) is 1.92. The molecule has 0 bridgehead atoms. The molecule has 0 aromatic heterocycles. The molecule has 0 radical (unpaired) electrons. The zero-order chi connectivity index (χ0) is 14.4. The molecular weight excluding hydrogens is 295 g/mol. The fraction of sp³-hybridized carbons (Fsp3) is 0.571. The lowest BCUT2D eigenvalue weighted by atomic mass is 10.2. The van der Waals surface area contributed by atoms with Gasteiger partial charge in [0, 0.05) is 41.2 Å². The number of nitrogens with one attached hydrogen (secondary N) is 1. The van der Waals surface area contributed by atoms with Gasteiger partial charge in [-0.25, -0.2) is 4.39 Å². The quantitative estimate of drug-likeness (QED) is 0.787. The Labute approximate surface area is 128 Å². The molecule has 1 aliphatic heterocycles. The molecule has 3 nitrogen and oxygen atoms in total. The molecule has 2 rings (SSSR count). The maximum Gasteiger partial charge on any atom is 0.167 e. The van der Waals surface area contributed by atoms with Crippen LogP contribution in [0.3, 0.4) is 0 Å². The minimum absolute atomic E-state index is 0.272. The molecule has 0 aliphatic carbocycles. The molecule has 0 spiro atoms. The third-order valence-corrected chi connectivity index (χ3v) is 5.82. The van der Waals surface area contributed by atoms with Crippen LogP contribution in [0.15, 0.2) is 12.1 Å². The van der Waals surface area contributed by atoms with Crippen LogP contribution < -0.4 is 15.8 Å². The summed E-state index contributed by atoms with van der Waals surface area (Å²) >= 11 is 3.96. The van der Waals surface area contributed by atoms with Gasteiger partial charge in [-0.15, -0.1) is 0 Å². The molecule has 1 atom stereocenters. The van der Waals surface area contributed by atoms with Crippen molar-refractivity contribution < 1.29 is 9.13 Å². The molecule has 1 saturated heterocycles. The van der Waals surface area contributed by atoms with E-state index in [0.29, 0.717) is 17.5 Å². The number of hydrogen-bond donors (Lipinski definition) is 2. The van der Waals surface area contributed by atoms with Crippen LogP contribution in [-0.2, 0) is 0 Å². The van der Waals surface area contributed by atoms with Crippen molar-refractivity contribution in [1.29, 1.82) is 0 Å². The lowest BCUT2D eigenvalue weighted by Gasteiger charge is -2.22. The number of thioether (sulfide) groups is 2. The van der Waals surface area contributed by atoms with E-state index in [2.05, 4.69) is 5.32 Å². The highest BCUT2D eigenvalue weighted by Crippen LogP contribution is 2.30. The molecule has 20 heavy (non-hydrogen) atoms. The smallest absolute Gasteiger partial charge is 0.167 e. The van der Waals surface area contributed by atoms with Gasteiger partial charge in [0.05, 0.1) is 18.0 Å². The molecule has 1 fully saturated rings. The molecule has 1 aromatic carbocycles. The third-order valence-electron chi connectivity index (χ3n) is 2.97. The van der Waals surface area contributed by atoms with Crippen LogP contribution in [-0.4, -0.2) is 35.7 Å². The van der Waals surface area contributed by atoms with E-state index in [1.807, 2.05) is 30.4 Å². The Morgan fingerprint density at radius 1 is 1.45 bits per heavy atom. The highest BCUT2D eigenvalue weighted by atomic mass is 32.2. The van der Waals surface area contributed by atoms with Crippen molar-refractivity contribution in [3.8, 4) is 5.75 Å². The van der Waals surface area contributed by atoms with Crippen molar-refractivity contribution in [3.63, 3.8) is 0 Å². The lowest BCUT2D eigenvalue weighted by Crippen LogP contribution is -2.23. The van der Waals surface area contributed by atoms with Crippen LogP contribution >= 0.6 is 23.5 Å². The minimum Gasteiger partial charge on any atom is -0.490 e. The number of ether oxygens (including phenoxy) is 1. The summed E-state index contributed by atoms with van der Waals surface area (Å²) in [6.07, 6.45) is 0.850. The van der Waals surface area contributed by atoms with E-state index in [4.69, 9.17) is 10.5 Å². The van der Waals surface area contributed by atoms with Crippen LogP contribution in [0.1, 0.15) is 13.3 Å². The van der Waals surface area contributed by atoms with Gasteiger partial charge in [0.1, 0.15) is 0 Å². The van der Waals surface area contributed by atoms with Crippen molar-refractivity contribution in [2.75, 3.05) is 41.5 Å². The van der Waals surface area contributed by atoms with Crippen LogP contribution in [0.25, 0.3) is 0 Å². The van der Waals surface area contributed by atoms with E-state index in [9.17, 15) is 4.39 Å². The molecule has 3 N–H and O–H groups in total. The minimum atomic E-state index is -0.399. The van der Waals surface area contributed by atoms with E-state index in [0.717, 1.165) is 24.4 Å². The Kier molecular flexibility index (Phi) is 6.16. The maximum atomic E-state index is 13.7. The summed E-state index contributed by atoms with van der Waals surface area (Å²) in [5.41, 5.74) is 7.05. The number of halogens is 1. The first-order valence-electron chi connectivity index (χ1n) is 6.85. The number of rotatable bonds is 6. The number of anilines is 2. The van der Waals surface area contributed by atoms with Crippen LogP contribution in [0.4, 0.5) is 15.8 Å². The first kappa shape index (κ1) is 15.6. The van der Waals surface area contributed by atoms with Crippen LogP contribution in [0, 0.1) is 5.82 Å². The van der Waals surface area contributed by atoms with Crippen molar-refractivity contribution in [2.45, 2.75) is 18.6 Å². The molecule has 112 valence electrons. The van der Waals surface area contributed by atoms with Gasteiger partial charge < -0.3 is 15.8 Å². The predicted octanol–water partition coefficient (Wildman–Crippen LogP) is 3.46. The maximum absolute atomic E-state index is 13.7. The summed E-state index contributed by atoms with van der Waals surface area (Å²) in [4.78, 5) is 0. The van der Waals surface area contributed by atoms with Crippen molar-refractivity contribution in [3.05, 3.63) is 17.9 Å². The van der Waals surface area contributed by atoms with E-state index >= 15 is 0 Å². The number of nitrogen functional groups attached to an aromatic ring is 1. The van der Waals surface area contributed by atoms with E-state index in [1.54, 1.807) is 6.07 Å². The van der Waals surface area contributed by atoms with Crippen LogP contribution in [0.2, 0.25) is 0 Å². The Balaban J connectivity index is 1.98. The fourth-order valence-corrected chi connectivity index (χ4v) is 4.53. The standard InChI is InChI=1S/C14H21FN2OS2/c1-2-3-18-14-7-13(12(16)6-11(14)15)17-8-10-9-19-4-5-20-10/h6-7,10,17H,2-5,8-9,16H2,1H3. The number of hydrogen-bond acceptors (Lipinski definition) is 5. The first-order valence-corrected chi connectivity index (χ1v) is 9.06. The van der Waals surface area contributed by atoms with E-state index in [1.165, 1.54) is 17.6 Å². The SMILES string of the molecule is CCCOc1cc(NCC2CSCCS2)c(N)cc1F. The van der Waals surface area contributed by atoms with Gasteiger partial charge in [0.15, 0.2) is 11.6 Å². The zero-order valence-corrected chi connectivity index (χ0v) is 13.3. The van der Waals surface area contributed by atoms with Gasteiger partial charge in [-0.3, -0.25) is 0 Å². The Hall–Kier alpha value is -0.750. The summed E-state index contributed by atoms with van der Waals surface area (Å²) in [7, 11) is 0. The Bertz CT molecular complexity index is 439. The monoisotopic (exact) mass is 316 g/mol. The Morgan fingerprint density at radius 3 is 3.00 bits per heavy atom. The average molecular weight is 316 g/mol. The normalized spacial score (nSPS) is 18.8. The summed E-state index contributed by atoms with van der Waals surface area (Å²) in [5, 5.41) is 3.90. The average Bonchev–Trinajstić information content (AvgIpc) is 2.46. The summed E-state index contributed by atoms with van der Waals surface area (Å²) in [5.74, 6) is 3.45. The van der Waals surface area contributed by atoms with Crippen LogP contribution in [0.5, 0.6) is 5.75 Å². The molecule has 1 unspecified atom stereocenters. The second-order valence-corrected chi connectivity index (χ2v) is 7.23. The van der Waals surface area contributed by atoms with Gasteiger partial charge in [0.25, 0.3) is 0 Å². The van der Waals surface area contributed by atoms with Crippen molar-refractivity contribution >= 4 is 34.9 Å². The van der Waals surface area contributed by atoms with Gasteiger partial charge >= 0.3 is 0 Å². The van der Waals surface area contributed by atoms with Gasteiger partial charge in [-0.2, -0.15) is 23.5 Å². The molecule has 1 heterocycles. The molecular formula is C14H21FN2OS2. The first-order chi connectivity index (χ1) is 9.70. The van der Waals surface area contributed by atoms with Gasteiger partial charge in [0.2, 0.25) is 0 Å². The largest absolute Gasteiger partial charge is 0.490 e. The molecule has 0 saturated carbocycles. The zero-order valence-electron chi connectivity index (χ0n) is 11.7. The van der Waals surface area contributed by atoms with E-state index < -0.39 is 5.82 Å². The third kappa shape index (κ3) is 4.38. The number of benzene rings is 1. The highest BCUT2D eigenvalue weighted by Gasteiger charge is 2.15. The molecule has 0 amide bonds. The Morgan fingerprint density at radius 2 is 2.30 bits per heavy atom. The molecule has 6 heteroatoms. The van der Waals surface area contributed by atoms with Crippen molar-refractivity contribution in [2.24, 2.45) is 0 Å². The number of nitrogens with two attached hydrogens (primary N) is 1. The summed E-state index contributed by atoms with van der Waals surface area (Å²) in [6, 6.07) is 3.00. The highest BCUT2D eigenvalue weighted by molar-refractivity contribution is 8.06.